The van der Waals surface area contributed by atoms with Crippen LogP contribution < -0.4 is 10.6 Å². The lowest BCUT2D eigenvalue weighted by atomic mass is 9.94. The maximum absolute atomic E-state index is 11.7. The molecule has 0 spiro atoms. The van der Waals surface area contributed by atoms with Crippen molar-refractivity contribution >= 4 is 5.91 Å². The van der Waals surface area contributed by atoms with Crippen LogP contribution in [0.4, 0.5) is 13.2 Å². The third-order valence-electron chi connectivity index (χ3n) is 3.01. The Morgan fingerprint density at radius 1 is 1.42 bits per heavy atom. The number of hydrogen-bond donors (Lipinski definition) is 2. The van der Waals surface area contributed by atoms with Crippen molar-refractivity contribution in [3.63, 3.8) is 0 Å². The average molecular weight is 282 g/mol. The molecule has 112 valence electrons. The van der Waals surface area contributed by atoms with Gasteiger partial charge in [0.25, 0.3) is 0 Å². The molecule has 1 rings (SSSR count). The van der Waals surface area contributed by atoms with E-state index in [1.807, 2.05) is 0 Å². The number of rotatable bonds is 7. The zero-order chi connectivity index (χ0) is 14.1. The van der Waals surface area contributed by atoms with Gasteiger partial charge in [-0.2, -0.15) is 13.2 Å². The Hall–Kier alpha value is -0.820. The van der Waals surface area contributed by atoms with E-state index in [-0.39, 0.29) is 19.1 Å². The third kappa shape index (κ3) is 8.83. The quantitative estimate of drug-likeness (QED) is 0.695. The molecule has 1 fully saturated rings. The molecule has 0 aromatic heterocycles. The van der Waals surface area contributed by atoms with Gasteiger partial charge in [0.05, 0.1) is 6.61 Å². The Labute approximate surface area is 111 Å². The van der Waals surface area contributed by atoms with E-state index >= 15 is 0 Å². The van der Waals surface area contributed by atoms with E-state index in [1.165, 1.54) is 0 Å². The van der Waals surface area contributed by atoms with E-state index in [0.29, 0.717) is 12.3 Å². The van der Waals surface area contributed by atoms with Crippen LogP contribution >= 0.6 is 0 Å². The van der Waals surface area contributed by atoms with E-state index in [9.17, 15) is 18.0 Å². The summed E-state index contributed by atoms with van der Waals surface area (Å²) in [7, 11) is 0. The SMILES string of the molecule is O=C(CCC1CCCNC1)NCCOCC(F)(F)F. The van der Waals surface area contributed by atoms with Gasteiger partial charge in [-0.25, -0.2) is 0 Å². The second-order valence-corrected chi connectivity index (χ2v) is 4.77. The highest BCUT2D eigenvalue weighted by Gasteiger charge is 2.27. The molecule has 1 atom stereocenters. The van der Waals surface area contributed by atoms with Crippen LogP contribution in [-0.2, 0) is 9.53 Å². The lowest BCUT2D eigenvalue weighted by molar-refractivity contribution is -0.173. The highest BCUT2D eigenvalue weighted by Crippen LogP contribution is 2.15. The maximum atomic E-state index is 11.7. The minimum atomic E-state index is -4.31. The van der Waals surface area contributed by atoms with E-state index in [1.54, 1.807) is 0 Å². The summed E-state index contributed by atoms with van der Waals surface area (Å²) < 4.78 is 39.6. The monoisotopic (exact) mass is 282 g/mol. The fraction of sp³-hybridized carbons (Fsp3) is 0.917. The molecule has 0 bridgehead atoms. The first-order valence-electron chi connectivity index (χ1n) is 6.59. The smallest absolute Gasteiger partial charge is 0.370 e. The number of alkyl halides is 3. The molecule has 1 heterocycles. The summed E-state index contributed by atoms with van der Waals surface area (Å²) in [5, 5.41) is 5.83. The van der Waals surface area contributed by atoms with Crippen LogP contribution in [0.15, 0.2) is 0 Å². The standard InChI is InChI=1S/C12H21F3N2O2/c13-12(14,15)9-19-7-6-17-11(18)4-3-10-2-1-5-16-8-10/h10,16H,1-9H2,(H,17,18). The number of piperidine rings is 1. The highest BCUT2D eigenvalue weighted by atomic mass is 19.4. The first-order chi connectivity index (χ1) is 8.97. The molecule has 0 aromatic rings. The summed E-state index contributed by atoms with van der Waals surface area (Å²) in [4.78, 5) is 11.4. The van der Waals surface area contributed by atoms with Crippen LogP contribution in [0.25, 0.3) is 0 Å². The van der Waals surface area contributed by atoms with Crippen molar-refractivity contribution in [2.45, 2.75) is 31.9 Å². The van der Waals surface area contributed by atoms with Crippen LogP contribution in [0, 0.1) is 5.92 Å². The van der Waals surface area contributed by atoms with E-state index in [4.69, 9.17) is 0 Å². The normalized spacial score (nSPS) is 20.3. The second kappa shape index (κ2) is 8.37. The van der Waals surface area contributed by atoms with E-state index < -0.39 is 12.8 Å². The van der Waals surface area contributed by atoms with Crippen molar-refractivity contribution in [1.82, 2.24) is 10.6 Å². The van der Waals surface area contributed by atoms with E-state index in [2.05, 4.69) is 15.4 Å². The first-order valence-corrected chi connectivity index (χ1v) is 6.59. The Morgan fingerprint density at radius 2 is 2.21 bits per heavy atom. The molecule has 4 nitrogen and oxygen atoms in total. The van der Waals surface area contributed by atoms with Crippen LogP contribution in [0.1, 0.15) is 25.7 Å². The van der Waals surface area contributed by atoms with Crippen LogP contribution in [0.2, 0.25) is 0 Å². The van der Waals surface area contributed by atoms with Gasteiger partial charge in [-0.3, -0.25) is 4.79 Å². The molecule has 7 heteroatoms. The third-order valence-corrected chi connectivity index (χ3v) is 3.01. The summed E-state index contributed by atoms with van der Waals surface area (Å²) in [5.74, 6) is 0.405. The molecule has 1 aliphatic heterocycles. The van der Waals surface area contributed by atoms with Gasteiger partial charge in [-0.1, -0.05) is 0 Å². The zero-order valence-corrected chi connectivity index (χ0v) is 10.9. The molecule has 2 N–H and O–H groups in total. The van der Waals surface area contributed by atoms with E-state index in [0.717, 1.165) is 32.4 Å². The molecular formula is C12H21F3N2O2. The first kappa shape index (κ1) is 16.2. The van der Waals surface area contributed by atoms with Gasteiger partial charge < -0.3 is 15.4 Å². The zero-order valence-electron chi connectivity index (χ0n) is 10.9. The van der Waals surface area contributed by atoms with Crippen molar-refractivity contribution in [3.05, 3.63) is 0 Å². The molecule has 19 heavy (non-hydrogen) atoms. The van der Waals surface area contributed by atoms with Gasteiger partial charge in [-0.05, 0) is 38.3 Å². The average Bonchev–Trinajstić information content (AvgIpc) is 2.36. The number of amides is 1. The number of carbonyl (C=O) groups is 1. The van der Waals surface area contributed by atoms with Crippen molar-refractivity contribution in [3.8, 4) is 0 Å². The van der Waals surface area contributed by atoms with Gasteiger partial charge in [0, 0.05) is 13.0 Å². The Morgan fingerprint density at radius 3 is 2.84 bits per heavy atom. The maximum Gasteiger partial charge on any atom is 0.411 e. The van der Waals surface area contributed by atoms with Gasteiger partial charge in [-0.15, -0.1) is 0 Å². The number of ether oxygens (including phenoxy) is 1. The Kier molecular flexibility index (Phi) is 7.15. The fourth-order valence-corrected chi connectivity index (χ4v) is 2.04. The lowest BCUT2D eigenvalue weighted by Crippen LogP contribution is -2.32. The number of hydrogen-bond acceptors (Lipinski definition) is 3. The summed E-state index contributed by atoms with van der Waals surface area (Å²) in [5.41, 5.74) is 0. The van der Waals surface area contributed by atoms with Crippen molar-refractivity contribution in [2.24, 2.45) is 5.92 Å². The minimum absolute atomic E-state index is 0.115. The summed E-state index contributed by atoms with van der Waals surface area (Å²) in [6.07, 6.45) is -0.793. The number of halogens is 3. The molecule has 1 aliphatic rings. The van der Waals surface area contributed by atoms with Crippen molar-refractivity contribution < 1.29 is 22.7 Å². The molecule has 0 aliphatic carbocycles. The van der Waals surface area contributed by atoms with Crippen LogP contribution in [0.3, 0.4) is 0 Å². The molecule has 1 amide bonds. The molecule has 0 radical (unpaired) electrons. The summed E-state index contributed by atoms with van der Waals surface area (Å²) in [6, 6.07) is 0. The van der Waals surface area contributed by atoms with Crippen molar-refractivity contribution in [1.29, 1.82) is 0 Å². The lowest BCUT2D eigenvalue weighted by Gasteiger charge is -2.22. The topological polar surface area (TPSA) is 50.4 Å². The van der Waals surface area contributed by atoms with Gasteiger partial charge in [0.1, 0.15) is 6.61 Å². The Balaban J connectivity index is 1.95. The fourth-order valence-electron chi connectivity index (χ4n) is 2.04. The Bertz CT molecular complexity index is 266. The largest absolute Gasteiger partial charge is 0.411 e. The molecule has 1 unspecified atom stereocenters. The highest BCUT2D eigenvalue weighted by molar-refractivity contribution is 5.75. The number of nitrogens with one attached hydrogen (secondary N) is 2. The predicted octanol–water partition coefficient (Wildman–Crippen LogP) is 1.46. The second-order valence-electron chi connectivity index (χ2n) is 4.77. The van der Waals surface area contributed by atoms with Crippen LogP contribution in [0.5, 0.6) is 0 Å². The summed E-state index contributed by atoms with van der Waals surface area (Å²) in [6.45, 7) is 0.728. The molecule has 0 saturated carbocycles. The van der Waals surface area contributed by atoms with Gasteiger partial charge >= 0.3 is 6.18 Å². The minimum Gasteiger partial charge on any atom is -0.370 e. The van der Waals surface area contributed by atoms with Gasteiger partial charge in [0.2, 0.25) is 5.91 Å². The number of carbonyl (C=O) groups excluding carboxylic acids is 1. The molecular weight excluding hydrogens is 261 g/mol. The summed E-state index contributed by atoms with van der Waals surface area (Å²) >= 11 is 0. The van der Waals surface area contributed by atoms with Crippen molar-refractivity contribution in [2.75, 3.05) is 32.8 Å². The van der Waals surface area contributed by atoms with Gasteiger partial charge in [0.15, 0.2) is 0 Å². The molecule has 1 saturated heterocycles. The predicted molar refractivity (Wildman–Crippen MR) is 64.7 cm³/mol. The van der Waals surface area contributed by atoms with Crippen LogP contribution in [-0.4, -0.2) is 44.9 Å². The molecule has 0 aromatic carbocycles.